The first-order chi connectivity index (χ1) is 27.3. The Balaban J connectivity index is 1.23. The highest BCUT2D eigenvalue weighted by molar-refractivity contribution is 7.00. The van der Waals surface area contributed by atoms with Crippen LogP contribution in [0.4, 0.5) is 51.3 Å². The maximum atomic E-state index is 2.61. The van der Waals surface area contributed by atoms with E-state index < -0.39 is 0 Å². The van der Waals surface area contributed by atoms with E-state index in [4.69, 9.17) is 0 Å². The summed E-state index contributed by atoms with van der Waals surface area (Å²) in [7, 11) is 0. The van der Waals surface area contributed by atoms with E-state index in [1.165, 1.54) is 74.7 Å². The van der Waals surface area contributed by atoms with Gasteiger partial charge >= 0.3 is 0 Å². The van der Waals surface area contributed by atoms with Crippen LogP contribution in [0.3, 0.4) is 0 Å². The Hall–Kier alpha value is -6.72. The average Bonchev–Trinajstić information content (AvgIpc) is 3.60. The highest BCUT2D eigenvalue weighted by Gasteiger charge is 2.47. The zero-order valence-corrected chi connectivity index (χ0v) is 30.6. The van der Waals surface area contributed by atoms with E-state index in [2.05, 4.69) is 207 Å². The summed E-state index contributed by atoms with van der Waals surface area (Å²) in [5.74, 6) is 1.28. The number of hydrogen-bond acceptors (Lipinski definition) is 3. The smallest absolute Gasteiger partial charge is 0.254 e. The van der Waals surface area contributed by atoms with Gasteiger partial charge in [-0.05, 0) is 133 Å². The van der Waals surface area contributed by atoms with Crippen LogP contribution in [-0.4, -0.2) is 11.3 Å². The van der Waals surface area contributed by atoms with Gasteiger partial charge in [0, 0.05) is 56.9 Å². The quantitative estimate of drug-likeness (QED) is 0.160. The van der Waals surface area contributed by atoms with Gasteiger partial charge in [-0.15, -0.1) is 0 Å². The largest absolute Gasteiger partial charge is 0.311 e. The van der Waals surface area contributed by atoms with Crippen molar-refractivity contribution in [3.63, 3.8) is 0 Å². The second-order valence-corrected chi connectivity index (χ2v) is 14.8. The molecule has 4 nitrogen and oxygen atoms in total. The molecule has 11 rings (SSSR count). The lowest BCUT2D eigenvalue weighted by Gasteiger charge is -2.44. The third kappa shape index (κ3) is 5.00. The van der Waals surface area contributed by atoms with Gasteiger partial charge in [0.1, 0.15) is 5.82 Å². The molecule has 0 unspecified atom stereocenters. The second kappa shape index (κ2) is 13.0. The minimum Gasteiger partial charge on any atom is -0.311 e. The third-order valence-corrected chi connectivity index (χ3v) is 11.7. The van der Waals surface area contributed by atoms with E-state index in [-0.39, 0.29) is 6.71 Å². The van der Waals surface area contributed by atoms with Gasteiger partial charge in [0.25, 0.3) is 6.71 Å². The molecule has 262 valence electrons. The molecule has 0 amide bonds. The van der Waals surface area contributed by atoms with Crippen LogP contribution >= 0.6 is 0 Å². The molecule has 0 fully saturated rings. The van der Waals surface area contributed by atoms with Crippen molar-refractivity contribution in [1.82, 2.24) is 4.57 Å². The Labute approximate surface area is 323 Å². The molecule has 1 aromatic heterocycles. The summed E-state index contributed by atoms with van der Waals surface area (Å²) in [5.41, 5.74) is 17.8. The summed E-state index contributed by atoms with van der Waals surface area (Å²) in [5, 5.41) is 0. The van der Waals surface area contributed by atoms with E-state index in [1.54, 1.807) is 0 Å². The fourth-order valence-corrected chi connectivity index (χ4v) is 9.52. The maximum Gasteiger partial charge on any atom is 0.254 e. The van der Waals surface area contributed by atoms with Crippen molar-refractivity contribution in [3.05, 3.63) is 199 Å². The Morgan fingerprint density at radius 3 is 1.56 bits per heavy atom. The first kappa shape index (κ1) is 31.8. The molecular weight excluding hydrogens is 667 g/mol. The summed E-state index contributed by atoms with van der Waals surface area (Å²) >= 11 is 0. The molecule has 8 aromatic rings. The Bertz CT molecular complexity index is 2620. The number of benzene rings is 7. The molecule has 2 aliphatic heterocycles. The molecule has 3 heterocycles. The number of aromatic nitrogens is 1. The normalized spacial score (nSPS) is 13.8. The van der Waals surface area contributed by atoms with E-state index >= 15 is 0 Å². The van der Waals surface area contributed by atoms with Crippen molar-refractivity contribution < 1.29 is 0 Å². The summed E-state index contributed by atoms with van der Waals surface area (Å²) in [6.07, 6.45) is 4.56. The van der Waals surface area contributed by atoms with Gasteiger partial charge in [-0.2, -0.15) is 0 Å². The molecule has 0 saturated carbocycles. The number of hydrogen-bond donors (Lipinski definition) is 0. The minimum absolute atomic E-state index is 0.0592. The standard InChI is InChI=1S/C50H39BN4/c1-6-19-36(20-7-1)52(37-21-8-2-9-22-37)41-33-34-43-47(35-41)53(38-23-10-3-11-24-38)45-31-18-32-46-49(45)51(43)48-42-29-16-17-30-44(42)54(39-25-12-4-13-26-39)50(48)55(46)40-27-14-5-15-28-40/h1-15,18-28,31-35H,16-17,29-30H2. The average molecular weight is 707 g/mol. The molecule has 7 aromatic carbocycles. The molecule has 0 spiro atoms. The first-order valence-corrected chi connectivity index (χ1v) is 19.5. The third-order valence-electron chi connectivity index (χ3n) is 11.7. The highest BCUT2D eigenvalue weighted by Crippen LogP contribution is 2.48. The summed E-state index contributed by atoms with van der Waals surface area (Å²) < 4.78 is 2.61. The topological polar surface area (TPSA) is 14.7 Å². The van der Waals surface area contributed by atoms with Gasteiger partial charge in [-0.3, -0.25) is 4.90 Å². The molecule has 0 atom stereocenters. The Morgan fingerprint density at radius 1 is 0.418 bits per heavy atom. The summed E-state index contributed by atoms with van der Waals surface area (Å²) in [6.45, 7) is 0.0592. The minimum atomic E-state index is 0.0592. The molecule has 1 aliphatic carbocycles. The number of nitrogens with zero attached hydrogens (tertiary/aromatic N) is 4. The van der Waals surface area contributed by atoms with Crippen molar-refractivity contribution in [2.24, 2.45) is 0 Å². The zero-order chi connectivity index (χ0) is 36.3. The van der Waals surface area contributed by atoms with Crippen LogP contribution in [0.2, 0.25) is 0 Å². The molecule has 0 N–H and O–H groups in total. The van der Waals surface area contributed by atoms with E-state index in [9.17, 15) is 0 Å². The van der Waals surface area contributed by atoms with Crippen LogP contribution in [0.25, 0.3) is 5.69 Å². The van der Waals surface area contributed by atoms with Crippen molar-refractivity contribution in [2.45, 2.75) is 25.7 Å². The van der Waals surface area contributed by atoms with Gasteiger partial charge in [0.15, 0.2) is 0 Å². The van der Waals surface area contributed by atoms with Gasteiger partial charge in [0.2, 0.25) is 0 Å². The van der Waals surface area contributed by atoms with Gasteiger partial charge in [-0.25, -0.2) is 0 Å². The van der Waals surface area contributed by atoms with Gasteiger partial charge in [0.05, 0.1) is 0 Å². The van der Waals surface area contributed by atoms with Crippen molar-refractivity contribution >= 4 is 74.4 Å². The SMILES string of the molecule is c1ccc(N(c2ccccc2)c2ccc3c(c2)N(c2ccccc2)c2cccc4c2B3c2c3c(n(-c5ccccc5)c2N4c2ccccc2)CCCC3)cc1. The molecule has 55 heavy (non-hydrogen) atoms. The van der Waals surface area contributed by atoms with Crippen LogP contribution in [0.5, 0.6) is 0 Å². The second-order valence-electron chi connectivity index (χ2n) is 14.8. The Kier molecular flexibility index (Phi) is 7.51. The van der Waals surface area contributed by atoms with E-state index in [1.807, 2.05) is 0 Å². The highest BCUT2D eigenvalue weighted by atomic mass is 15.3. The van der Waals surface area contributed by atoms with Crippen LogP contribution in [-0.2, 0) is 12.8 Å². The zero-order valence-electron chi connectivity index (χ0n) is 30.6. The van der Waals surface area contributed by atoms with E-state index in [0.717, 1.165) is 35.6 Å². The monoisotopic (exact) mass is 706 g/mol. The van der Waals surface area contributed by atoms with Crippen molar-refractivity contribution in [3.8, 4) is 5.69 Å². The van der Waals surface area contributed by atoms with Crippen LogP contribution in [0.15, 0.2) is 188 Å². The van der Waals surface area contributed by atoms with Crippen LogP contribution < -0.4 is 31.1 Å². The lowest BCUT2D eigenvalue weighted by atomic mass is 9.33. The molecule has 3 aliphatic rings. The Morgan fingerprint density at radius 2 is 0.945 bits per heavy atom. The fourth-order valence-electron chi connectivity index (χ4n) is 9.52. The molecule has 5 heteroatoms. The molecule has 0 saturated heterocycles. The predicted molar refractivity (Wildman–Crippen MR) is 231 cm³/mol. The summed E-state index contributed by atoms with van der Waals surface area (Å²) in [4.78, 5) is 7.45. The van der Waals surface area contributed by atoms with Crippen molar-refractivity contribution in [1.29, 1.82) is 0 Å². The lowest BCUT2D eigenvalue weighted by Crippen LogP contribution is -2.62. The van der Waals surface area contributed by atoms with E-state index in [0.29, 0.717) is 0 Å². The first-order valence-electron chi connectivity index (χ1n) is 19.5. The number of fused-ring (bicyclic) bond motifs is 6. The molecular formula is C50H39BN4. The van der Waals surface area contributed by atoms with Gasteiger partial charge in [-0.1, -0.05) is 103 Å². The van der Waals surface area contributed by atoms with Gasteiger partial charge < -0.3 is 14.4 Å². The predicted octanol–water partition coefficient (Wildman–Crippen LogP) is 10.9. The lowest BCUT2D eigenvalue weighted by molar-refractivity contribution is 0.664. The molecule has 0 radical (unpaired) electrons. The van der Waals surface area contributed by atoms with Crippen LogP contribution in [0.1, 0.15) is 24.1 Å². The summed E-state index contributed by atoms with van der Waals surface area (Å²) in [6, 6.07) is 68.6. The fraction of sp³-hybridized carbons (Fsp3) is 0.0800. The number of para-hydroxylation sites is 5. The maximum absolute atomic E-state index is 2.61. The number of anilines is 9. The number of rotatable bonds is 6. The molecule has 0 bridgehead atoms. The van der Waals surface area contributed by atoms with Crippen LogP contribution in [0, 0.1) is 0 Å². The van der Waals surface area contributed by atoms with Crippen molar-refractivity contribution in [2.75, 3.05) is 14.7 Å².